The number of nitrogens with one attached hydrogen (secondary N) is 1. The first-order valence-corrected chi connectivity index (χ1v) is 9.42. The number of Topliss-reactive ketones (excluding diaryl/α,β-unsaturated/α-hetero) is 1. The van der Waals surface area contributed by atoms with E-state index in [0.29, 0.717) is 28.2 Å². The highest BCUT2D eigenvalue weighted by atomic mass is 16.2. The maximum absolute atomic E-state index is 13.4. The van der Waals surface area contributed by atoms with Gasteiger partial charge in [0.15, 0.2) is 5.78 Å². The number of rotatable bonds is 1. The van der Waals surface area contributed by atoms with Gasteiger partial charge in [-0.25, -0.2) is 4.79 Å². The molecule has 0 bridgehead atoms. The third kappa shape index (κ3) is 2.26. The Kier molecular flexibility index (Phi) is 3.55. The van der Waals surface area contributed by atoms with Crippen molar-refractivity contribution in [3.8, 4) is 0 Å². The third-order valence-corrected chi connectivity index (χ3v) is 5.85. The summed E-state index contributed by atoms with van der Waals surface area (Å²) in [5.74, 6) is -0.199. The molecule has 0 spiro atoms. The molecular formula is C23H19N3O3. The minimum atomic E-state index is -0.549. The van der Waals surface area contributed by atoms with Gasteiger partial charge >= 0.3 is 5.69 Å². The Morgan fingerprint density at radius 1 is 0.897 bits per heavy atom. The van der Waals surface area contributed by atoms with Gasteiger partial charge in [-0.2, -0.15) is 0 Å². The number of aromatic nitrogens is 2. The van der Waals surface area contributed by atoms with Crippen molar-refractivity contribution in [2.45, 2.75) is 12.8 Å². The Bertz CT molecular complexity index is 1370. The molecule has 0 amide bonds. The molecule has 2 aromatic carbocycles. The highest BCUT2D eigenvalue weighted by molar-refractivity contribution is 6.23. The van der Waals surface area contributed by atoms with Crippen molar-refractivity contribution in [2.75, 3.05) is 5.32 Å². The normalized spacial score (nSPS) is 16.9. The number of aryl methyl sites for hydroxylation is 1. The number of carbonyl (C=O) groups is 1. The fourth-order valence-corrected chi connectivity index (χ4v) is 4.44. The minimum absolute atomic E-state index is 0.0869. The van der Waals surface area contributed by atoms with Gasteiger partial charge in [-0.3, -0.25) is 18.7 Å². The van der Waals surface area contributed by atoms with Gasteiger partial charge in [-0.15, -0.1) is 0 Å². The maximum Gasteiger partial charge on any atom is 0.332 e. The Labute approximate surface area is 166 Å². The standard InChI is InChI=1S/C23H19N3O3/c1-12-7-6-8-13(11-12)16-17-19(14-9-4-5-10-15(14)20(17)27)24-21-18(16)22(28)26(3)23(29)25(21)2/h4-11,16,24H,1-3H3. The molecule has 0 fully saturated rings. The molecule has 0 radical (unpaired) electrons. The fraction of sp³-hybridized carbons (Fsp3) is 0.174. The lowest BCUT2D eigenvalue weighted by Gasteiger charge is -2.29. The summed E-state index contributed by atoms with van der Waals surface area (Å²) in [5.41, 5.74) is 4.14. The number of carbonyl (C=O) groups excluding carboxylic acids is 1. The Morgan fingerprint density at radius 3 is 2.34 bits per heavy atom. The van der Waals surface area contributed by atoms with Gasteiger partial charge in [-0.05, 0) is 12.5 Å². The second kappa shape index (κ2) is 5.91. The zero-order chi connectivity index (χ0) is 20.4. The van der Waals surface area contributed by atoms with Crippen LogP contribution in [0.3, 0.4) is 0 Å². The first-order chi connectivity index (χ1) is 13.9. The Balaban J connectivity index is 1.90. The van der Waals surface area contributed by atoms with E-state index >= 15 is 0 Å². The molecule has 1 aromatic heterocycles. The summed E-state index contributed by atoms with van der Waals surface area (Å²) in [4.78, 5) is 39.1. The monoisotopic (exact) mass is 385 g/mol. The number of hydrogen-bond donors (Lipinski definition) is 1. The summed E-state index contributed by atoms with van der Waals surface area (Å²) in [6.45, 7) is 1.98. The highest BCUT2D eigenvalue weighted by Crippen LogP contribution is 2.47. The van der Waals surface area contributed by atoms with Crippen molar-refractivity contribution < 1.29 is 4.79 Å². The van der Waals surface area contributed by atoms with E-state index in [1.807, 2.05) is 49.4 Å². The lowest BCUT2D eigenvalue weighted by molar-refractivity contribution is 0.103. The molecule has 1 aliphatic carbocycles. The van der Waals surface area contributed by atoms with Crippen LogP contribution < -0.4 is 16.6 Å². The number of nitrogens with zero attached hydrogens (tertiary/aromatic N) is 2. The molecule has 6 nitrogen and oxygen atoms in total. The lowest BCUT2D eigenvalue weighted by Crippen LogP contribution is -2.42. The van der Waals surface area contributed by atoms with Crippen LogP contribution in [0.15, 0.2) is 63.7 Å². The van der Waals surface area contributed by atoms with Crippen molar-refractivity contribution in [3.05, 3.63) is 103 Å². The molecule has 3 aromatic rings. The van der Waals surface area contributed by atoms with Crippen LogP contribution in [0.5, 0.6) is 0 Å². The second-order valence-corrected chi connectivity index (χ2v) is 7.60. The average Bonchev–Trinajstić information content (AvgIpc) is 3.01. The third-order valence-electron chi connectivity index (χ3n) is 5.85. The summed E-state index contributed by atoms with van der Waals surface area (Å²) in [5, 5.41) is 3.25. The summed E-state index contributed by atoms with van der Waals surface area (Å²) in [7, 11) is 3.10. The molecule has 1 atom stereocenters. The lowest BCUT2D eigenvalue weighted by atomic mass is 9.81. The smallest absolute Gasteiger partial charge is 0.332 e. The molecule has 2 heterocycles. The van der Waals surface area contributed by atoms with E-state index in [0.717, 1.165) is 21.3 Å². The van der Waals surface area contributed by atoms with E-state index in [4.69, 9.17) is 0 Å². The molecule has 144 valence electrons. The molecule has 1 aliphatic heterocycles. The quantitative estimate of drug-likeness (QED) is 0.699. The highest BCUT2D eigenvalue weighted by Gasteiger charge is 2.42. The van der Waals surface area contributed by atoms with Crippen LogP contribution in [0.1, 0.15) is 38.5 Å². The number of benzene rings is 2. The van der Waals surface area contributed by atoms with Crippen molar-refractivity contribution in [1.82, 2.24) is 9.13 Å². The summed E-state index contributed by atoms with van der Waals surface area (Å²) >= 11 is 0. The van der Waals surface area contributed by atoms with Gasteiger partial charge < -0.3 is 5.32 Å². The molecule has 0 saturated heterocycles. The van der Waals surface area contributed by atoms with E-state index in [1.54, 1.807) is 13.1 Å². The minimum Gasteiger partial charge on any atom is -0.340 e. The van der Waals surface area contributed by atoms with Crippen molar-refractivity contribution in [1.29, 1.82) is 0 Å². The van der Waals surface area contributed by atoms with Gasteiger partial charge in [0, 0.05) is 36.7 Å². The molecule has 1 unspecified atom stereocenters. The van der Waals surface area contributed by atoms with Crippen LogP contribution in [-0.2, 0) is 14.1 Å². The predicted octanol–water partition coefficient (Wildman–Crippen LogP) is 2.56. The van der Waals surface area contributed by atoms with E-state index in [-0.39, 0.29) is 5.78 Å². The Hall–Kier alpha value is -3.67. The predicted molar refractivity (Wildman–Crippen MR) is 111 cm³/mol. The molecule has 5 rings (SSSR count). The number of allylic oxidation sites excluding steroid dienone is 1. The zero-order valence-electron chi connectivity index (χ0n) is 16.3. The van der Waals surface area contributed by atoms with Crippen molar-refractivity contribution in [2.24, 2.45) is 14.1 Å². The van der Waals surface area contributed by atoms with E-state index in [2.05, 4.69) is 5.32 Å². The van der Waals surface area contributed by atoms with Gasteiger partial charge in [-0.1, -0.05) is 54.1 Å². The van der Waals surface area contributed by atoms with Crippen LogP contribution in [-0.4, -0.2) is 14.9 Å². The van der Waals surface area contributed by atoms with E-state index < -0.39 is 17.2 Å². The molecule has 1 N–H and O–H groups in total. The number of anilines is 1. The molecule has 29 heavy (non-hydrogen) atoms. The van der Waals surface area contributed by atoms with E-state index in [1.165, 1.54) is 11.6 Å². The van der Waals surface area contributed by atoms with Gasteiger partial charge in [0.1, 0.15) is 5.82 Å². The first kappa shape index (κ1) is 17.4. The van der Waals surface area contributed by atoms with Crippen LogP contribution in [0.4, 0.5) is 5.82 Å². The van der Waals surface area contributed by atoms with Crippen LogP contribution in [0, 0.1) is 6.92 Å². The Morgan fingerprint density at radius 2 is 1.62 bits per heavy atom. The van der Waals surface area contributed by atoms with Gasteiger partial charge in [0.2, 0.25) is 0 Å². The maximum atomic E-state index is 13.4. The molecule has 6 heteroatoms. The van der Waals surface area contributed by atoms with Crippen molar-refractivity contribution in [3.63, 3.8) is 0 Å². The molecular weight excluding hydrogens is 366 g/mol. The molecule has 2 aliphatic rings. The van der Waals surface area contributed by atoms with E-state index in [9.17, 15) is 14.4 Å². The van der Waals surface area contributed by atoms with Gasteiger partial charge in [0.05, 0.1) is 11.3 Å². The largest absolute Gasteiger partial charge is 0.340 e. The van der Waals surface area contributed by atoms with Crippen molar-refractivity contribution >= 4 is 17.3 Å². The van der Waals surface area contributed by atoms with Crippen LogP contribution in [0.25, 0.3) is 5.70 Å². The fourth-order valence-electron chi connectivity index (χ4n) is 4.44. The number of fused-ring (bicyclic) bond motifs is 3. The number of ketones is 1. The average molecular weight is 385 g/mol. The SMILES string of the molecule is Cc1cccc(C2C3=C(Nc4c2c(=O)n(C)c(=O)n4C)c2ccccc2C3=O)c1. The van der Waals surface area contributed by atoms with Crippen LogP contribution >= 0.6 is 0 Å². The molecule has 0 saturated carbocycles. The van der Waals surface area contributed by atoms with Crippen LogP contribution in [0.2, 0.25) is 0 Å². The summed E-state index contributed by atoms with van der Waals surface area (Å²) < 4.78 is 2.54. The zero-order valence-corrected chi connectivity index (χ0v) is 16.3. The van der Waals surface area contributed by atoms with Gasteiger partial charge in [0.25, 0.3) is 5.56 Å². The second-order valence-electron chi connectivity index (χ2n) is 7.60. The first-order valence-electron chi connectivity index (χ1n) is 9.42. The number of hydrogen-bond acceptors (Lipinski definition) is 4. The summed E-state index contributed by atoms with van der Waals surface area (Å²) in [6.07, 6.45) is 0. The summed E-state index contributed by atoms with van der Waals surface area (Å²) in [6, 6.07) is 15.2. The topological polar surface area (TPSA) is 73.1 Å².